The third kappa shape index (κ3) is 6.24. The molecule has 0 N–H and O–H groups in total. The van der Waals surface area contributed by atoms with E-state index in [2.05, 4.69) is 227 Å². The third-order valence-corrected chi connectivity index (χ3v) is 14.3. The van der Waals surface area contributed by atoms with Gasteiger partial charge in [0.05, 0.1) is 0 Å². The van der Waals surface area contributed by atoms with Crippen LogP contribution >= 0.6 is 0 Å². The molecule has 1 atom stereocenters. The molecule has 0 aromatic heterocycles. The molecule has 300 valence electrons. The summed E-state index contributed by atoms with van der Waals surface area (Å²) in [6, 6.07) is 60.9. The molecule has 62 heavy (non-hydrogen) atoms. The van der Waals surface area contributed by atoms with Crippen LogP contribution in [0.25, 0.3) is 55.7 Å². The van der Waals surface area contributed by atoms with E-state index in [1.165, 1.54) is 83.5 Å². The molecule has 7 aromatic carbocycles. The Morgan fingerprint density at radius 1 is 0.500 bits per heavy atom. The third-order valence-electron chi connectivity index (χ3n) is 14.3. The molecular formula is C61H51N. The van der Waals surface area contributed by atoms with Gasteiger partial charge in [-0.25, -0.2) is 0 Å². The fraction of sp³-hybridized carbons (Fsp3) is 0.180. The van der Waals surface area contributed by atoms with E-state index in [0.717, 1.165) is 36.3 Å². The Morgan fingerprint density at radius 2 is 0.952 bits per heavy atom. The van der Waals surface area contributed by atoms with Crippen molar-refractivity contribution >= 4 is 28.2 Å². The highest BCUT2D eigenvalue weighted by Gasteiger charge is 2.40. The van der Waals surface area contributed by atoms with E-state index in [0.29, 0.717) is 5.92 Å². The highest BCUT2D eigenvalue weighted by Crippen LogP contribution is 2.53. The lowest BCUT2D eigenvalue weighted by Crippen LogP contribution is -2.22. The number of hydrogen-bond donors (Lipinski definition) is 0. The Labute approximate surface area is 367 Å². The summed E-state index contributed by atoms with van der Waals surface area (Å²) in [5, 5.41) is 0. The van der Waals surface area contributed by atoms with Crippen LogP contribution < -0.4 is 4.90 Å². The second-order valence-corrected chi connectivity index (χ2v) is 18.7. The number of nitrogens with zero attached hydrogens (tertiary/aromatic N) is 1. The number of benzene rings is 7. The van der Waals surface area contributed by atoms with Gasteiger partial charge in [0, 0.05) is 39.9 Å². The zero-order valence-corrected chi connectivity index (χ0v) is 36.4. The number of hydrogen-bond acceptors (Lipinski definition) is 1. The lowest BCUT2D eigenvalue weighted by atomic mass is 9.74. The standard InChI is InChI=1S/C61H51N/c1-40-12-11-16-55-54-37-29-48(39-58(54)61(4,5)59(40)55)46-26-34-51(35-27-46)62(49-30-22-44(23-31-49)43-20-18-42(19-21-43)41-13-7-6-8-14-41)50-32-24-45(25-33-50)47-28-36-53-52-15-9-10-17-56(52)60(2,3)57(53)38-47/h6-8,11,13-14,16,18-40H,10,12,17H2,1-5H3. The molecule has 1 heteroatoms. The van der Waals surface area contributed by atoms with Gasteiger partial charge in [-0.3, -0.25) is 0 Å². The predicted octanol–water partition coefficient (Wildman–Crippen LogP) is 16.3. The van der Waals surface area contributed by atoms with Crippen LogP contribution in [-0.2, 0) is 10.8 Å². The summed E-state index contributed by atoms with van der Waals surface area (Å²) in [6.07, 6.45) is 7.85. The lowest BCUT2D eigenvalue weighted by Gasteiger charge is -2.30. The van der Waals surface area contributed by atoms with Crippen molar-refractivity contribution in [2.45, 2.75) is 64.7 Å². The van der Waals surface area contributed by atoms with E-state index in [9.17, 15) is 0 Å². The van der Waals surface area contributed by atoms with E-state index in [1.54, 1.807) is 5.57 Å². The van der Waals surface area contributed by atoms with Gasteiger partial charge in [0.15, 0.2) is 0 Å². The molecule has 11 rings (SSSR count). The van der Waals surface area contributed by atoms with Crippen LogP contribution in [-0.4, -0.2) is 0 Å². The SMILES string of the molecule is CC1CC=CC2=C1C(C)(C)c1cc(-c3ccc(N(c4ccc(-c5ccc(-c6ccccc6)cc5)cc4)c4ccc(-c5ccc6c(c5)C(C)(C)C5=C6C#CCC5)cc4)cc3)ccc12. The van der Waals surface area contributed by atoms with Crippen molar-refractivity contribution in [2.24, 2.45) is 5.92 Å². The Morgan fingerprint density at radius 3 is 1.50 bits per heavy atom. The fourth-order valence-corrected chi connectivity index (χ4v) is 11.0. The minimum absolute atomic E-state index is 0.00297. The molecule has 0 radical (unpaired) electrons. The molecule has 0 aliphatic heterocycles. The smallest absolute Gasteiger partial charge is 0.0462 e. The van der Waals surface area contributed by atoms with Crippen LogP contribution in [0.1, 0.15) is 76.1 Å². The Kier molecular flexibility index (Phi) is 8.99. The summed E-state index contributed by atoms with van der Waals surface area (Å²) in [4.78, 5) is 2.38. The molecule has 0 bridgehead atoms. The zero-order chi connectivity index (χ0) is 42.2. The Bertz CT molecular complexity index is 3050. The molecule has 4 aliphatic carbocycles. The first kappa shape index (κ1) is 38.1. The fourth-order valence-electron chi connectivity index (χ4n) is 11.0. The monoisotopic (exact) mass is 797 g/mol. The second-order valence-electron chi connectivity index (χ2n) is 18.7. The number of anilines is 3. The van der Waals surface area contributed by atoms with E-state index in [-0.39, 0.29) is 10.8 Å². The van der Waals surface area contributed by atoms with Crippen molar-refractivity contribution in [3.05, 3.63) is 209 Å². The van der Waals surface area contributed by atoms with Gasteiger partial charge in [-0.15, -0.1) is 0 Å². The van der Waals surface area contributed by atoms with Gasteiger partial charge in [-0.1, -0.05) is 174 Å². The first-order valence-electron chi connectivity index (χ1n) is 22.4. The molecule has 0 fully saturated rings. The van der Waals surface area contributed by atoms with Crippen LogP contribution in [0.3, 0.4) is 0 Å². The normalized spacial score (nSPS) is 17.5. The predicted molar refractivity (Wildman–Crippen MR) is 263 cm³/mol. The highest BCUT2D eigenvalue weighted by atomic mass is 15.1. The van der Waals surface area contributed by atoms with Gasteiger partial charge in [0.2, 0.25) is 0 Å². The van der Waals surface area contributed by atoms with Gasteiger partial charge < -0.3 is 4.90 Å². The van der Waals surface area contributed by atoms with Crippen molar-refractivity contribution in [3.8, 4) is 56.3 Å². The number of allylic oxidation sites excluding steroid dienone is 6. The molecule has 0 amide bonds. The Hall–Kier alpha value is -6.88. The minimum Gasteiger partial charge on any atom is -0.311 e. The highest BCUT2D eigenvalue weighted by molar-refractivity contribution is 5.92. The molecule has 7 aromatic rings. The average Bonchev–Trinajstić information content (AvgIpc) is 3.69. The minimum atomic E-state index is -0.00297. The van der Waals surface area contributed by atoms with Crippen molar-refractivity contribution < 1.29 is 0 Å². The number of rotatable bonds is 7. The van der Waals surface area contributed by atoms with Crippen molar-refractivity contribution in [1.29, 1.82) is 0 Å². The van der Waals surface area contributed by atoms with Gasteiger partial charge >= 0.3 is 0 Å². The molecule has 0 spiro atoms. The maximum atomic E-state index is 3.48. The average molecular weight is 798 g/mol. The first-order chi connectivity index (χ1) is 30.1. The van der Waals surface area contributed by atoms with Crippen LogP contribution in [0.2, 0.25) is 0 Å². The second kappa shape index (κ2) is 14.6. The summed E-state index contributed by atoms with van der Waals surface area (Å²) >= 11 is 0. The maximum absolute atomic E-state index is 3.48. The molecule has 0 saturated heterocycles. The quantitative estimate of drug-likeness (QED) is 0.145. The Balaban J connectivity index is 0.928. The van der Waals surface area contributed by atoms with E-state index in [4.69, 9.17) is 0 Å². The van der Waals surface area contributed by atoms with Crippen LogP contribution in [0.5, 0.6) is 0 Å². The van der Waals surface area contributed by atoms with Crippen molar-refractivity contribution in [1.82, 2.24) is 0 Å². The summed E-state index contributed by atoms with van der Waals surface area (Å²) in [7, 11) is 0. The van der Waals surface area contributed by atoms with Crippen LogP contribution in [0.15, 0.2) is 187 Å². The van der Waals surface area contributed by atoms with Gasteiger partial charge in [0.25, 0.3) is 0 Å². The molecule has 4 aliphatic rings. The first-order valence-corrected chi connectivity index (χ1v) is 22.4. The van der Waals surface area contributed by atoms with Crippen LogP contribution in [0, 0.1) is 17.8 Å². The van der Waals surface area contributed by atoms with Crippen LogP contribution in [0.4, 0.5) is 17.1 Å². The molecule has 0 saturated carbocycles. The summed E-state index contributed by atoms with van der Waals surface area (Å²) in [5.41, 5.74) is 24.5. The van der Waals surface area contributed by atoms with E-state index in [1.807, 2.05) is 0 Å². The van der Waals surface area contributed by atoms with Gasteiger partial charge in [-0.05, 0) is 151 Å². The summed E-state index contributed by atoms with van der Waals surface area (Å²) in [6.45, 7) is 11.9. The number of fused-ring (bicyclic) bond motifs is 4. The summed E-state index contributed by atoms with van der Waals surface area (Å²) < 4.78 is 0. The summed E-state index contributed by atoms with van der Waals surface area (Å²) in [5.74, 6) is 7.40. The van der Waals surface area contributed by atoms with Crippen molar-refractivity contribution in [2.75, 3.05) is 4.90 Å². The van der Waals surface area contributed by atoms with Crippen molar-refractivity contribution in [3.63, 3.8) is 0 Å². The maximum Gasteiger partial charge on any atom is 0.0462 e. The molecule has 1 unspecified atom stereocenters. The largest absolute Gasteiger partial charge is 0.311 e. The lowest BCUT2D eigenvalue weighted by molar-refractivity contribution is 0.530. The topological polar surface area (TPSA) is 3.24 Å². The molecular weight excluding hydrogens is 747 g/mol. The molecule has 1 nitrogen and oxygen atoms in total. The van der Waals surface area contributed by atoms with Gasteiger partial charge in [0.1, 0.15) is 0 Å². The van der Waals surface area contributed by atoms with E-state index >= 15 is 0 Å². The van der Waals surface area contributed by atoms with Gasteiger partial charge in [-0.2, -0.15) is 0 Å². The molecule has 0 heterocycles. The zero-order valence-electron chi connectivity index (χ0n) is 36.4. The van der Waals surface area contributed by atoms with E-state index < -0.39 is 0 Å².